The van der Waals surface area contributed by atoms with Gasteiger partial charge in [-0.15, -0.1) is 0 Å². The van der Waals surface area contributed by atoms with E-state index in [0.29, 0.717) is 0 Å². The molecule has 0 fully saturated rings. The smallest absolute Gasteiger partial charge is 0.216 e. The Hall–Kier alpha value is -0.130. The summed E-state index contributed by atoms with van der Waals surface area (Å²) in [6, 6.07) is -0.0492. The molecule has 0 amide bonds. The SMILES string of the molecule is CCCCCCC(C)NS(N)(=O)=O. The molecule has 13 heavy (non-hydrogen) atoms. The third-order valence-corrected chi connectivity index (χ3v) is 2.59. The van der Waals surface area contributed by atoms with E-state index >= 15 is 0 Å². The summed E-state index contributed by atoms with van der Waals surface area (Å²) in [6.45, 7) is 3.97. The van der Waals surface area contributed by atoms with Gasteiger partial charge in [0, 0.05) is 6.04 Å². The molecule has 0 spiro atoms. The Kier molecular flexibility index (Phi) is 6.28. The van der Waals surface area contributed by atoms with Crippen LogP contribution in [0.4, 0.5) is 0 Å². The van der Waals surface area contributed by atoms with E-state index in [1.54, 1.807) is 0 Å². The molecule has 0 aromatic heterocycles. The minimum Gasteiger partial charge on any atom is -0.216 e. The highest BCUT2D eigenvalue weighted by Gasteiger charge is 2.07. The number of rotatable bonds is 7. The topological polar surface area (TPSA) is 72.2 Å². The Bertz CT molecular complexity index is 214. The van der Waals surface area contributed by atoms with Crippen LogP contribution in [-0.4, -0.2) is 14.5 Å². The first-order valence-electron chi connectivity index (χ1n) is 4.75. The summed E-state index contributed by atoms with van der Waals surface area (Å²) < 4.78 is 23.5. The molecule has 0 bridgehead atoms. The first kappa shape index (κ1) is 12.9. The Morgan fingerprint density at radius 1 is 1.31 bits per heavy atom. The lowest BCUT2D eigenvalue weighted by Crippen LogP contribution is -2.37. The van der Waals surface area contributed by atoms with Gasteiger partial charge >= 0.3 is 0 Å². The van der Waals surface area contributed by atoms with Gasteiger partial charge in [-0.1, -0.05) is 32.6 Å². The Labute approximate surface area is 81.1 Å². The van der Waals surface area contributed by atoms with Crippen LogP contribution >= 0.6 is 0 Å². The van der Waals surface area contributed by atoms with Gasteiger partial charge in [0.25, 0.3) is 10.2 Å². The number of nitrogens with one attached hydrogen (secondary N) is 1. The minimum atomic E-state index is -3.52. The summed E-state index contributed by atoms with van der Waals surface area (Å²) in [5, 5.41) is 4.83. The van der Waals surface area contributed by atoms with E-state index in [0.717, 1.165) is 19.3 Å². The van der Waals surface area contributed by atoms with Crippen LogP contribution in [-0.2, 0) is 10.2 Å². The highest BCUT2D eigenvalue weighted by molar-refractivity contribution is 7.87. The number of unbranched alkanes of at least 4 members (excludes halogenated alkanes) is 3. The van der Waals surface area contributed by atoms with Gasteiger partial charge in [0.1, 0.15) is 0 Å². The van der Waals surface area contributed by atoms with Gasteiger partial charge in [-0.25, -0.2) is 5.14 Å². The molecule has 5 heteroatoms. The first-order chi connectivity index (χ1) is 5.95. The van der Waals surface area contributed by atoms with Crippen molar-refractivity contribution in [2.75, 3.05) is 0 Å². The van der Waals surface area contributed by atoms with Crippen molar-refractivity contribution in [2.24, 2.45) is 5.14 Å². The van der Waals surface area contributed by atoms with Crippen molar-refractivity contribution >= 4 is 10.2 Å². The molecular formula is C8H20N2O2S. The van der Waals surface area contributed by atoms with Gasteiger partial charge in [0.15, 0.2) is 0 Å². The van der Waals surface area contributed by atoms with Gasteiger partial charge in [-0.05, 0) is 13.3 Å². The molecule has 0 rings (SSSR count). The molecule has 1 unspecified atom stereocenters. The molecule has 0 aromatic rings. The Morgan fingerprint density at radius 3 is 2.38 bits per heavy atom. The molecule has 1 atom stereocenters. The maximum atomic E-state index is 10.6. The minimum absolute atomic E-state index is 0.0492. The fraction of sp³-hybridized carbons (Fsp3) is 1.00. The number of hydrogen-bond acceptors (Lipinski definition) is 2. The fourth-order valence-electron chi connectivity index (χ4n) is 1.22. The van der Waals surface area contributed by atoms with Crippen molar-refractivity contribution in [3.05, 3.63) is 0 Å². The van der Waals surface area contributed by atoms with Crippen molar-refractivity contribution in [3.63, 3.8) is 0 Å². The van der Waals surface area contributed by atoms with Crippen LogP contribution in [0, 0.1) is 0 Å². The van der Waals surface area contributed by atoms with Crippen molar-refractivity contribution in [3.8, 4) is 0 Å². The molecule has 0 saturated heterocycles. The van der Waals surface area contributed by atoms with Gasteiger partial charge in [-0.2, -0.15) is 13.1 Å². The first-order valence-corrected chi connectivity index (χ1v) is 6.30. The monoisotopic (exact) mass is 208 g/mol. The maximum Gasteiger partial charge on any atom is 0.274 e. The maximum absolute atomic E-state index is 10.6. The van der Waals surface area contributed by atoms with Crippen LogP contribution in [0.1, 0.15) is 46.0 Å². The van der Waals surface area contributed by atoms with Gasteiger partial charge in [0.2, 0.25) is 0 Å². The largest absolute Gasteiger partial charge is 0.274 e. The zero-order valence-corrected chi connectivity index (χ0v) is 9.23. The third kappa shape index (κ3) is 9.79. The van der Waals surface area contributed by atoms with E-state index < -0.39 is 10.2 Å². The number of nitrogens with two attached hydrogens (primary N) is 1. The molecule has 0 radical (unpaired) electrons. The second-order valence-electron chi connectivity index (χ2n) is 3.41. The van der Waals surface area contributed by atoms with E-state index in [4.69, 9.17) is 5.14 Å². The van der Waals surface area contributed by atoms with E-state index in [2.05, 4.69) is 11.6 Å². The summed E-state index contributed by atoms with van der Waals surface area (Å²) >= 11 is 0. The molecule has 0 saturated carbocycles. The quantitative estimate of drug-likeness (QED) is 0.616. The van der Waals surface area contributed by atoms with Crippen LogP contribution in [0.25, 0.3) is 0 Å². The fourth-order valence-corrected chi connectivity index (χ4v) is 1.90. The van der Waals surface area contributed by atoms with E-state index in [-0.39, 0.29) is 6.04 Å². The van der Waals surface area contributed by atoms with E-state index in [1.807, 2.05) is 6.92 Å². The summed E-state index contributed by atoms with van der Waals surface area (Å²) in [5.41, 5.74) is 0. The van der Waals surface area contributed by atoms with Gasteiger partial charge in [0.05, 0.1) is 0 Å². The van der Waals surface area contributed by atoms with Crippen LogP contribution in [0.3, 0.4) is 0 Å². The lowest BCUT2D eigenvalue weighted by Gasteiger charge is -2.10. The molecule has 0 aliphatic rings. The van der Waals surface area contributed by atoms with E-state index in [1.165, 1.54) is 12.8 Å². The average molecular weight is 208 g/mol. The van der Waals surface area contributed by atoms with Crippen LogP contribution in [0.2, 0.25) is 0 Å². The second-order valence-corrected chi connectivity index (χ2v) is 4.74. The summed E-state index contributed by atoms with van der Waals surface area (Å²) in [6.07, 6.45) is 5.47. The lowest BCUT2D eigenvalue weighted by atomic mass is 10.1. The zero-order valence-electron chi connectivity index (χ0n) is 8.41. The molecule has 0 heterocycles. The molecule has 0 aliphatic carbocycles. The van der Waals surface area contributed by atoms with Gasteiger partial charge in [-0.3, -0.25) is 0 Å². The Morgan fingerprint density at radius 2 is 1.92 bits per heavy atom. The van der Waals surface area contributed by atoms with Crippen molar-refractivity contribution in [2.45, 2.75) is 52.0 Å². The highest BCUT2D eigenvalue weighted by Crippen LogP contribution is 2.05. The molecule has 80 valence electrons. The zero-order chi connectivity index (χ0) is 10.3. The van der Waals surface area contributed by atoms with E-state index in [9.17, 15) is 8.42 Å². The van der Waals surface area contributed by atoms with Crippen molar-refractivity contribution < 1.29 is 8.42 Å². The highest BCUT2D eigenvalue weighted by atomic mass is 32.2. The van der Waals surface area contributed by atoms with Crippen LogP contribution in [0.15, 0.2) is 0 Å². The normalized spacial score (nSPS) is 14.4. The predicted octanol–water partition coefficient (Wildman–Crippen LogP) is 1.14. The summed E-state index contributed by atoms with van der Waals surface area (Å²) in [5.74, 6) is 0. The molecule has 0 aliphatic heterocycles. The van der Waals surface area contributed by atoms with Crippen molar-refractivity contribution in [1.29, 1.82) is 0 Å². The summed E-state index contributed by atoms with van der Waals surface area (Å²) in [7, 11) is -3.52. The third-order valence-electron chi connectivity index (χ3n) is 1.86. The second kappa shape index (κ2) is 6.34. The molecule has 0 aromatic carbocycles. The van der Waals surface area contributed by atoms with Gasteiger partial charge < -0.3 is 0 Å². The van der Waals surface area contributed by atoms with Crippen LogP contribution < -0.4 is 9.86 Å². The Balaban J connectivity index is 3.47. The average Bonchev–Trinajstić information content (AvgIpc) is 1.94. The molecule has 3 N–H and O–H groups in total. The summed E-state index contributed by atoms with van der Waals surface area (Å²) in [4.78, 5) is 0. The molecular weight excluding hydrogens is 188 g/mol. The number of hydrogen-bond donors (Lipinski definition) is 2. The standard InChI is InChI=1S/C8H20N2O2S/c1-3-4-5-6-7-8(2)10-13(9,11)12/h8,10H,3-7H2,1-2H3,(H2,9,11,12). The van der Waals surface area contributed by atoms with Crippen LogP contribution in [0.5, 0.6) is 0 Å². The van der Waals surface area contributed by atoms with Crippen molar-refractivity contribution in [1.82, 2.24) is 4.72 Å². The lowest BCUT2D eigenvalue weighted by molar-refractivity contribution is 0.523. The molecule has 4 nitrogen and oxygen atoms in total. The predicted molar refractivity (Wildman–Crippen MR) is 54.5 cm³/mol.